The molecule has 0 unspecified atom stereocenters. The molecule has 2 aromatic rings. The van der Waals surface area contributed by atoms with Gasteiger partial charge in [0.25, 0.3) is 5.91 Å². The van der Waals surface area contributed by atoms with Crippen LogP contribution in [0.1, 0.15) is 21.7 Å². The molecular formula is C12H14N4O2. The molecule has 1 aromatic heterocycles. The van der Waals surface area contributed by atoms with Crippen molar-refractivity contribution >= 4 is 11.6 Å². The van der Waals surface area contributed by atoms with Gasteiger partial charge in [-0.1, -0.05) is 11.2 Å². The summed E-state index contributed by atoms with van der Waals surface area (Å²) < 4.78 is 4.60. The van der Waals surface area contributed by atoms with Crippen LogP contribution in [0, 0.1) is 6.92 Å². The monoisotopic (exact) mass is 246 g/mol. The zero-order chi connectivity index (χ0) is 13.0. The number of carbonyl (C=O) groups is 1. The second-order valence-electron chi connectivity index (χ2n) is 3.93. The van der Waals surface area contributed by atoms with Gasteiger partial charge in [0.05, 0.1) is 0 Å². The Labute approximate surface area is 104 Å². The molecule has 0 aliphatic carbocycles. The van der Waals surface area contributed by atoms with Crippen LogP contribution >= 0.6 is 0 Å². The fourth-order valence-electron chi connectivity index (χ4n) is 1.57. The number of rotatable bonds is 4. The quantitative estimate of drug-likeness (QED) is 0.783. The first-order chi connectivity index (χ1) is 8.66. The molecule has 18 heavy (non-hydrogen) atoms. The average Bonchev–Trinajstić information content (AvgIpc) is 2.85. The minimum absolute atomic E-state index is 0.150. The standard InChI is InChI=1S/C12H14N4O2/c1-8-2-3-9(13)6-10(8)12(17)14-5-4-11-15-7-18-16-11/h2-3,6-7H,4-5,13H2,1H3,(H,14,17). The number of amides is 1. The van der Waals surface area contributed by atoms with Crippen molar-refractivity contribution in [2.75, 3.05) is 12.3 Å². The van der Waals surface area contributed by atoms with Crippen molar-refractivity contribution in [3.8, 4) is 0 Å². The molecule has 0 aliphatic rings. The van der Waals surface area contributed by atoms with E-state index in [1.54, 1.807) is 12.1 Å². The van der Waals surface area contributed by atoms with E-state index in [0.29, 0.717) is 30.0 Å². The number of nitrogen functional groups attached to an aromatic ring is 1. The van der Waals surface area contributed by atoms with Crippen molar-refractivity contribution in [2.24, 2.45) is 0 Å². The number of aryl methyl sites for hydroxylation is 1. The number of nitrogens with zero attached hydrogens (tertiary/aromatic N) is 2. The van der Waals surface area contributed by atoms with Crippen LogP contribution in [0.25, 0.3) is 0 Å². The zero-order valence-electron chi connectivity index (χ0n) is 10.0. The molecular weight excluding hydrogens is 232 g/mol. The molecule has 0 saturated carbocycles. The van der Waals surface area contributed by atoms with E-state index in [0.717, 1.165) is 5.56 Å². The number of aromatic nitrogens is 2. The number of benzene rings is 1. The molecule has 6 nitrogen and oxygen atoms in total. The molecule has 3 N–H and O–H groups in total. The highest BCUT2D eigenvalue weighted by molar-refractivity contribution is 5.96. The van der Waals surface area contributed by atoms with Gasteiger partial charge in [0, 0.05) is 24.2 Å². The molecule has 2 rings (SSSR count). The van der Waals surface area contributed by atoms with Gasteiger partial charge in [-0.15, -0.1) is 0 Å². The molecule has 0 bridgehead atoms. The van der Waals surface area contributed by atoms with Crippen LogP contribution in [0.4, 0.5) is 5.69 Å². The predicted octanol–water partition coefficient (Wildman–Crippen LogP) is 0.933. The fourth-order valence-corrected chi connectivity index (χ4v) is 1.57. The van der Waals surface area contributed by atoms with Gasteiger partial charge in [-0.05, 0) is 24.6 Å². The normalized spacial score (nSPS) is 10.3. The molecule has 1 amide bonds. The Bertz CT molecular complexity index is 537. The van der Waals surface area contributed by atoms with Gasteiger partial charge in [-0.25, -0.2) is 0 Å². The van der Waals surface area contributed by atoms with Gasteiger partial charge in [0.2, 0.25) is 6.39 Å². The van der Waals surface area contributed by atoms with Crippen LogP contribution in [0.3, 0.4) is 0 Å². The van der Waals surface area contributed by atoms with Crippen LogP contribution in [0.5, 0.6) is 0 Å². The highest BCUT2D eigenvalue weighted by atomic mass is 16.5. The average molecular weight is 246 g/mol. The van der Waals surface area contributed by atoms with Gasteiger partial charge in [-0.3, -0.25) is 4.79 Å². The predicted molar refractivity (Wildman–Crippen MR) is 65.9 cm³/mol. The van der Waals surface area contributed by atoms with Gasteiger partial charge < -0.3 is 15.6 Å². The molecule has 0 spiro atoms. The van der Waals surface area contributed by atoms with Crippen LogP contribution in [0.2, 0.25) is 0 Å². The van der Waals surface area contributed by atoms with E-state index in [1.165, 1.54) is 6.39 Å². The van der Waals surface area contributed by atoms with Gasteiger partial charge in [0.1, 0.15) is 0 Å². The van der Waals surface area contributed by atoms with Gasteiger partial charge >= 0.3 is 0 Å². The first kappa shape index (κ1) is 12.1. The molecule has 0 atom stereocenters. The van der Waals surface area contributed by atoms with E-state index < -0.39 is 0 Å². The lowest BCUT2D eigenvalue weighted by Gasteiger charge is -2.07. The Balaban J connectivity index is 1.93. The Morgan fingerprint density at radius 1 is 1.50 bits per heavy atom. The fraction of sp³-hybridized carbons (Fsp3) is 0.250. The van der Waals surface area contributed by atoms with E-state index in [9.17, 15) is 4.79 Å². The summed E-state index contributed by atoms with van der Waals surface area (Å²) in [5.41, 5.74) is 7.71. The summed E-state index contributed by atoms with van der Waals surface area (Å²) in [5.74, 6) is 0.419. The number of carbonyl (C=O) groups excluding carboxylic acids is 1. The number of hydrogen-bond acceptors (Lipinski definition) is 5. The maximum absolute atomic E-state index is 11.9. The van der Waals surface area contributed by atoms with Gasteiger partial charge in [0.15, 0.2) is 5.82 Å². The molecule has 0 fully saturated rings. The molecule has 6 heteroatoms. The molecule has 94 valence electrons. The topological polar surface area (TPSA) is 94.0 Å². The molecule has 1 heterocycles. The van der Waals surface area contributed by atoms with Crippen molar-refractivity contribution < 1.29 is 9.32 Å². The zero-order valence-corrected chi connectivity index (χ0v) is 10.0. The molecule has 0 radical (unpaired) electrons. The maximum atomic E-state index is 11.9. The second kappa shape index (κ2) is 5.31. The Morgan fingerprint density at radius 2 is 2.33 bits per heavy atom. The molecule has 1 aromatic carbocycles. The minimum Gasteiger partial charge on any atom is -0.399 e. The molecule has 0 aliphatic heterocycles. The van der Waals surface area contributed by atoms with E-state index >= 15 is 0 Å². The smallest absolute Gasteiger partial charge is 0.251 e. The minimum atomic E-state index is -0.150. The Morgan fingerprint density at radius 3 is 3.06 bits per heavy atom. The van der Waals surface area contributed by atoms with Crippen LogP contribution < -0.4 is 11.1 Å². The lowest BCUT2D eigenvalue weighted by molar-refractivity contribution is 0.0953. The Kier molecular flexibility index (Phi) is 3.57. The summed E-state index contributed by atoms with van der Waals surface area (Å²) in [7, 11) is 0. The van der Waals surface area contributed by atoms with Crippen LogP contribution in [0.15, 0.2) is 29.1 Å². The number of anilines is 1. The van der Waals surface area contributed by atoms with Crippen molar-refractivity contribution in [3.63, 3.8) is 0 Å². The van der Waals surface area contributed by atoms with E-state index in [2.05, 4.69) is 20.0 Å². The van der Waals surface area contributed by atoms with E-state index in [4.69, 9.17) is 5.73 Å². The third kappa shape index (κ3) is 2.85. The molecule has 0 saturated heterocycles. The van der Waals surface area contributed by atoms with E-state index in [-0.39, 0.29) is 5.91 Å². The number of hydrogen-bond donors (Lipinski definition) is 2. The number of nitrogens with two attached hydrogens (primary N) is 1. The van der Waals surface area contributed by atoms with Crippen molar-refractivity contribution in [1.82, 2.24) is 15.5 Å². The van der Waals surface area contributed by atoms with Crippen LogP contribution in [-0.4, -0.2) is 22.6 Å². The summed E-state index contributed by atoms with van der Waals surface area (Å²) in [6.45, 7) is 2.32. The second-order valence-corrected chi connectivity index (χ2v) is 3.93. The largest absolute Gasteiger partial charge is 0.399 e. The third-order valence-electron chi connectivity index (χ3n) is 2.55. The van der Waals surface area contributed by atoms with E-state index in [1.807, 2.05) is 13.0 Å². The number of nitrogens with one attached hydrogen (secondary N) is 1. The third-order valence-corrected chi connectivity index (χ3v) is 2.55. The lowest BCUT2D eigenvalue weighted by atomic mass is 10.1. The summed E-state index contributed by atoms with van der Waals surface area (Å²) in [6, 6.07) is 5.26. The summed E-state index contributed by atoms with van der Waals surface area (Å²) in [6.07, 6.45) is 1.79. The van der Waals surface area contributed by atoms with Crippen molar-refractivity contribution in [2.45, 2.75) is 13.3 Å². The van der Waals surface area contributed by atoms with Crippen molar-refractivity contribution in [1.29, 1.82) is 0 Å². The summed E-state index contributed by atoms with van der Waals surface area (Å²) in [4.78, 5) is 15.8. The van der Waals surface area contributed by atoms with Crippen molar-refractivity contribution in [3.05, 3.63) is 41.5 Å². The SMILES string of the molecule is Cc1ccc(N)cc1C(=O)NCCc1ncon1. The lowest BCUT2D eigenvalue weighted by Crippen LogP contribution is -2.26. The first-order valence-electron chi connectivity index (χ1n) is 5.56. The highest BCUT2D eigenvalue weighted by Gasteiger charge is 2.09. The maximum Gasteiger partial charge on any atom is 0.251 e. The summed E-state index contributed by atoms with van der Waals surface area (Å²) in [5, 5.41) is 6.45. The first-order valence-corrected chi connectivity index (χ1v) is 5.56. The Hall–Kier alpha value is -2.37. The highest BCUT2D eigenvalue weighted by Crippen LogP contribution is 2.12. The van der Waals surface area contributed by atoms with Gasteiger partial charge in [-0.2, -0.15) is 4.98 Å². The van der Waals surface area contributed by atoms with Crippen LogP contribution in [-0.2, 0) is 6.42 Å². The summed E-state index contributed by atoms with van der Waals surface area (Å²) >= 11 is 0.